The highest BCUT2D eigenvalue weighted by atomic mass is 32.1. The highest BCUT2D eigenvalue weighted by molar-refractivity contribution is 7.96. The number of aromatic nitrogens is 2. The predicted molar refractivity (Wildman–Crippen MR) is 71.2 cm³/mol. The molecule has 1 aromatic heterocycles. The van der Waals surface area contributed by atoms with Crippen molar-refractivity contribution in [2.75, 3.05) is 0 Å². The van der Waals surface area contributed by atoms with Crippen LogP contribution >= 0.6 is 12.6 Å². The number of primary amides is 1. The lowest BCUT2D eigenvalue weighted by atomic mass is 9.94. The second kappa shape index (κ2) is 4.81. The fraction of sp³-hybridized carbons (Fsp3) is 0.250. The van der Waals surface area contributed by atoms with Crippen molar-refractivity contribution in [3.8, 4) is 0 Å². The van der Waals surface area contributed by atoms with Gasteiger partial charge in [0.2, 0.25) is 5.91 Å². The van der Waals surface area contributed by atoms with E-state index in [9.17, 15) is 9.59 Å². The SMILES string of the molecule is CC(C(=O)S)C(C(N)=O)c1nc2ccccc2[nH]1. The molecule has 0 aliphatic carbocycles. The van der Waals surface area contributed by atoms with E-state index >= 15 is 0 Å². The summed E-state index contributed by atoms with van der Waals surface area (Å²) in [4.78, 5) is 30.1. The Kier molecular flexibility index (Phi) is 3.38. The van der Waals surface area contributed by atoms with Crippen molar-refractivity contribution in [1.82, 2.24) is 9.97 Å². The average Bonchev–Trinajstić information content (AvgIpc) is 2.71. The van der Waals surface area contributed by atoms with Crippen LogP contribution in [0.1, 0.15) is 18.7 Å². The van der Waals surface area contributed by atoms with Crippen LogP contribution in [0.4, 0.5) is 0 Å². The van der Waals surface area contributed by atoms with E-state index in [4.69, 9.17) is 5.73 Å². The van der Waals surface area contributed by atoms with E-state index in [2.05, 4.69) is 22.6 Å². The Bertz CT molecular complexity index is 575. The molecule has 0 aliphatic rings. The first-order valence-corrected chi connectivity index (χ1v) is 5.92. The molecule has 0 aliphatic heterocycles. The third kappa shape index (κ3) is 2.24. The van der Waals surface area contributed by atoms with Crippen molar-refractivity contribution < 1.29 is 9.59 Å². The highest BCUT2D eigenvalue weighted by Gasteiger charge is 2.31. The monoisotopic (exact) mass is 263 g/mol. The van der Waals surface area contributed by atoms with Crippen LogP contribution in [0.25, 0.3) is 11.0 Å². The molecule has 1 heterocycles. The molecule has 6 heteroatoms. The lowest BCUT2D eigenvalue weighted by Gasteiger charge is -2.15. The zero-order valence-corrected chi connectivity index (χ0v) is 10.6. The van der Waals surface area contributed by atoms with Crippen LogP contribution in [0.3, 0.4) is 0 Å². The largest absolute Gasteiger partial charge is 0.369 e. The van der Waals surface area contributed by atoms with E-state index in [-0.39, 0.29) is 5.12 Å². The molecule has 2 atom stereocenters. The lowest BCUT2D eigenvalue weighted by Crippen LogP contribution is -2.30. The van der Waals surface area contributed by atoms with Gasteiger partial charge < -0.3 is 10.7 Å². The van der Waals surface area contributed by atoms with Gasteiger partial charge in [0.05, 0.1) is 11.0 Å². The topological polar surface area (TPSA) is 88.8 Å². The van der Waals surface area contributed by atoms with Crippen LogP contribution in [0.5, 0.6) is 0 Å². The molecule has 0 fully saturated rings. The van der Waals surface area contributed by atoms with Gasteiger partial charge in [-0.3, -0.25) is 9.59 Å². The normalized spacial score (nSPS) is 14.3. The summed E-state index contributed by atoms with van der Waals surface area (Å²) in [6.45, 7) is 1.61. The fourth-order valence-electron chi connectivity index (χ4n) is 1.88. The minimum Gasteiger partial charge on any atom is -0.369 e. The molecule has 5 nitrogen and oxygen atoms in total. The average molecular weight is 263 g/mol. The molecule has 0 spiro atoms. The summed E-state index contributed by atoms with van der Waals surface area (Å²) in [5.74, 6) is -1.60. The van der Waals surface area contributed by atoms with E-state index in [1.807, 2.05) is 24.3 Å². The van der Waals surface area contributed by atoms with E-state index in [1.54, 1.807) is 6.92 Å². The fourth-order valence-corrected chi connectivity index (χ4v) is 2.03. The quantitative estimate of drug-likeness (QED) is 0.725. The van der Waals surface area contributed by atoms with Gasteiger partial charge in [0, 0.05) is 5.92 Å². The Hall–Kier alpha value is -1.82. The van der Waals surface area contributed by atoms with Crippen molar-refractivity contribution >= 4 is 34.7 Å². The molecule has 94 valence electrons. The number of thiol groups is 1. The van der Waals surface area contributed by atoms with Gasteiger partial charge in [0.25, 0.3) is 0 Å². The number of nitrogens with two attached hydrogens (primary N) is 1. The molecule has 0 saturated heterocycles. The maximum Gasteiger partial charge on any atom is 0.228 e. The molecule has 18 heavy (non-hydrogen) atoms. The number of H-pyrrole nitrogens is 1. The standard InChI is InChI=1S/C12H13N3O2S/c1-6(12(17)18)9(10(13)16)11-14-7-4-2-3-5-8(7)15-11/h2-6,9H,1H3,(H2,13,16)(H,14,15)(H,17,18). The molecule has 2 unspecified atom stereocenters. The van der Waals surface area contributed by atoms with Crippen molar-refractivity contribution in [2.45, 2.75) is 12.8 Å². The van der Waals surface area contributed by atoms with Gasteiger partial charge in [0.15, 0.2) is 5.12 Å². The van der Waals surface area contributed by atoms with Crippen molar-refractivity contribution in [3.63, 3.8) is 0 Å². The number of aromatic amines is 1. The Labute approximate surface area is 109 Å². The molecule has 0 saturated carbocycles. The molecule has 2 rings (SSSR count). The van der Waals surface area contributed by atoms with Gasteiger partial charge in [-0.25, -0.2) is 4.98 Å². The first-order chi connectivity index (χ1) is 8.50. The number of carbonyl (C=O) groups is 2. The number of nitrogens with zero attached hydrogens (tertiary/aromatic N) is 1. The maximum atomic E-state index is 11.5. The first-order valence-electron chi connectivity index (χ1n) is 5.47. The van der Waals surface area contributed by atoms with Crippen LogP contribution in [0.15, 0.2) is 24.3 Å². The Morgan fingerprint density at radius 1 is 1.39 bits per heavy atom. The molecule has 0 radical (unpaired) electrons. The lowest BCUT2D eigenvalue weighted by molar-refractivity contribution is -0.124. The number of benzene rings is 1. The Morgan fingerprint density at radius 2 is 2.06 bits per heavy atom. The van der Waals surface area contributed by atoms with E-state index in [0.717, 1.165) is 11.0 Å². The molecular weight excluding hydrogens is 250 g/mol. The number of para-hydroxylation sites is 2. The number of rotatable bonds is 4. The van der Waals surface area contributed by atoms with Crippen LogP contribution in [-0.4, -0.2) is 21.0 Å². The number of hydrogen-bond donors (Lipinski definition) is 3. The van der Waals surface area contributed by atoms with E-state index in [1.165, 1.54) is 0 Å². The predicted octanol–water partition coefficient (Wildman–Crippen LogP) is 1.22. The maximum absolute atomic E-state index is 11.5. The van der Waals surface area contributed by atoms with Crippen LogP contribution in [0.2, 0.25) is 0 Å². The minimum absolute atomic E-state index is 0.390. The Morgan fingerprint density at radius 3 is 2.61 bits per heavy atom. The molecular formula is C12H13N3O2S. The highest BCUT2D eigenvalue weighted by Crippen LogP contribution is 2.25. The van der Waals surface area contributed by atoms with Gasteiger partial charge >= 0.3 is 0 Å². The van der Waals surface area contributed by atoms with Crippen LogP contribution < -0.4 is 5.73 Å². The van der Waals surface area contributed by atoms with E-state index in [0.29, 0.717) is 5.82 Å². The van der Waals surface area contributed by atoms with Gasteiger partial charge in [-0.1, -0.05) is 19.1 Å². The molecule has 2 aromatic rings. The molecule has 1 amide bonds. The Balaban J connectivity index is 2.48. The van der Waals surface area contributed by atoms with E-state index < -0.39 is 17.7 Å². The third-order valence-electron chi connectivity index (χ3n) is 2.90. The molecule has 1 aromatic carbocycles. The number of hydrogen-bond acceptors (Lipinski definition) is 3. The number of amides is 1. The number of imidazole rings is 1. The van der Waals surface area contributed by atoms with Gasteiger partial charge in [-0.2, -0.15) is 0 Å². The zero-order valence-electron chi connectivity index (χ0n) is 9.75. The smallest absolute Gasteiger partial charge is 0.228 e. The summed E-state index contributed by atoms with van der Waals surface area (Å²) in [7, 11) is 0. The van der Waals surface area contributed by atoms with Gasteiger partial charge in [-0.05, 0) is 12.1 Å². The summed E-state index contributed by atoms with van der Waals surface area (Å²) >= 11 is 3.75. The summed E-state index contributed by atoms with van der Waals surface area (Å²) in [6, 6.07) is 7.37. The van der Waals surface area contributed by atoms with Crippen molar-refractivity contribution in [3.05, 3.63) is 30.1 Å². The minimum atomic E-state index is -0.789. The molecule has 3 N–H and O–H groups in total. The summed E-state index contributed by atoms with van der Waals surface area (Å²) < 4.78 is 0. The second-order valence-corrected chi connectivity index (χ2v) is 4.59. The van der Waals surface area contributed by atoms with Gasteiger partial charge in [-0.15, -0.1) is 12.6 Å². The number of fused-ring (bicyclic) bond motifs is 1. The summed E-state index contributed by atoms with van der Waals surface area (Å²) in [5.41, 5.74) is 6.88. The van der Waals surface area contributed by atoms with Crippen LogP contribution in [0, 0.1) is 5.92 Å². The van der Waals surface area contributed by atoms with Crippen molar-refractivity contribution in [2.24, 2.45) is 11.7 Å². The number of carbonyl (C=O) groups excluding carboxylic acids is 2. The third-order valence-corrected chi connectivity index (χ3v) is 3.31. The number of nitrogens with one attached hydrogen (secondary N) is 1. The summed E-state index contributed by atoms with van der Waals surface area (Å²) in [5, 5.41) is -0.390. The van der Waals surface area contributed by atoms with Crippen LogP contribution in [-0.2, 0) is 9.59 Å². The van der Waals surface area contributed by atoms with Gasteiger partial charge in [0.1, 0.15) is 11.7 Å². The first kappa shape index (κ1) is 12.6. The molecule has 0 bridgehead atoms. The zero-order chi connectivity index (χ0) is 13.3. The second-order valence-electron chi connectivity index (χ2n) is 4.15. The summed E-state index contributed by atoms with van der Waals surface area (Å²) in [6.07, 6.45) is 0. The van der Waals surface area contributed by atoms with Crippen molar-refractivity contribution in [1.29, 1.82) is 0 Å².